The summed E-state index contributed by atoms with van der Waals surface area (Å²) < 4.78 is 39.2. The zero-order valence-corrected chi connectivity index (χ0v) is 17.1. The number of aromatic nitrogens is 2. The van der Waals surface area contributed by atoms with Gasteiger partial charge in [0, 0.05) is 17.3 Å². The summed E-state index contributed by atoms with van der Waals surface area (Å²) in [5.74, 6) is -0.293. The number of nitrogens with zero attached hydrogens (tertiary/aromatic N) is 2. The van der Waals surface area contributed by atoms with E-state index in [-0.39, 0.29) is 10.7 Å². The molecule has 7 heteroatoms. The minimum atomic E-state index is -3.79. The Labute approximate surface area is 174 Å². The van der Waals surface area contributed by atoms with Crippen molar-refractivity contribution in [2.45, 2.75) is 18.4 Å². The van der Waals surface area contributed by atoms with E-state index in [9.17, 15) is 12.8 Å². The van der Waals surface area contributed by atoms with Crippen LogP contribution in [0, 0.1) is 12.7 Å². The van der Waals surface area contributed by atoms with Crippen molar-refractivity contribution in [3.8, 4) is 22.4 Å². The normalized spacial score (nSPS) is 11.6. The number of hydrogen-bond acceptors (Lipinski definition) is 3. The first-order valence-electron chi connectivity index (χ1n) is 9.32. The highest BCUT2D eigenvalue weighted by Gasteiger charge is 2.16. The maximum Gasteiger partial charge on any atom is 0.238 e. The van der Waals surface area contributed by atoms with E-state index in [4.69, 9.17) is 10.2 Å². The van der Waals surface area contributed by atoms with Gasteiger partial charge >= 0.3 is 0 Å². The van der Waals surface area contributed by atoms with Crippen molar-refractivity contribution in [1.82, 2.24) is 9.78 Å². The van der Waals surface area contributed by atoms with Gasteiger partial charge in [0.25, 0.3) is 0 Å². The average Bonchev–Trinajstić information content (AvgIpc) is 3.14. The molecule has 5 nitrogen and oxygen atoms in total. The molecule has 1 aromatic heterocycles. The van der Waals surface area contributed by atoms with Gasteiger partial charge in [-0.3, -0.25) is 4.68 Å². The fourth-order valence-electron chi connectivity index (χ4n) is 3.26. The van der Waals surface area contributed by atoms with Crippen LogP contribution in [0.5, 0.6) is 0 Å². The summed E-state index contributed by atoms with van der Waals surface area (Å²) in [7, 11) is -3.79. The first kappa shape index (κ1) is 20.0. The third-order valence-corrected chi connectivity index (χ3v) is 5.82. The smallest absolute Gasteiger partial charge is 0.238 e. The van der Waals surface area contributed by atoms with Crippen LogP contribution in [0.1, 0.15) is 11.1 Å². The van der Waals surface area contributed by atoms with E-state index in [0.29, 0.717) is 28.9 Å². The van der Waals surface area contributed by atoms with Crippen molar-refractivity contribution in [3.05, 3.63) is 95.9 Å². The molecule has 4 aromatic rings. The summed E-state index contributed by atoms with van der Waals surface area (Å²) in [6, 6.07) is 21.2. The largest absolute Gasteiger partial charge is 0.267 e. The van der Waals surface area contributed by atoms with Crippen molar-refractivity contribution >= 4 is 10.0 Å². The van der Waals surface area contributed by atoms with Crippen LogP contribution in [-0.4, -0.2) is 18.2 Å². The van der Waals surface area contributed by atoms with E-state index in [1.807, 2.05) is 42.6 Å². The molecule has 3 aromatic carbocycles. The molecule has 0 aliphatic heterocycles. The summed E-state index contributed by atoms with van der Waals surface area (Å²) in [5.41, 5.74) is 4.45. The number of primary sulfonamides is 1. The molecule has 152 valence electrons. The molecule has 30 heavy (non-hydrogen) atoms. The highest BCUT2D eigenvalue weighted by Crippen LogP contribution is 2.32. The molecule has 0 aliphatic rings. The Morgan fingerprint density at radius 3 is 2.27 bits per heavy atom. The highest BCUT2D eigenvalue weighted by atomic mass is 32.2. The summed E-state index contributed by atoms with van der Waals surface area (Å²) in [5, 5.41) is 9.91. The molecule has 0 unspecified atom stereocenters. The Balaban J connectivity index is 1.81. The van der Waals surface area contributed by atoms with Gasteiger partial charge in [0.1, 0.15) is 11.5 Å². The number of sulfonamides is 1. The summed E-state index contributed by atoms with van der Waals surface area (Å²) in [6.07, 6.45) is 1.88. The van der Waals surface area contributed by atoms with Crippen molar-refractivity contribution < 1.29 is 12.8 Å². The second kappa shape index (κ2) is 7.85. The Bertz CT molecular complexity index is 1300. The standard InChI is InChI=1S/C23H20FN3O2S/c1-16-7-8-19(13-22(16)24)21-15-27(14-17-5-3-2-4-6-17)26-23(21)18-9-11-20(12-10-18)30(25,28)29/h2-13,15H,14H2,1H3,(H2,25,28,29). The van der Waals surface area contributed by atoms with Gasteiger partial charge in [-0.1, -0.05) is 54.6 Å². The lowest BCUT2D eigenvalue weighted by Gasteiger charge is -2.05. The van der Waals surface area contributed by atoms with Gasteiger partial charge in [-0.2, -0.15) is 5.10 Å². The Hall–Kier alpha value is -3.29. The monoisotopic (exact) mass is 421 g/mol. The van der Waals surface area contributed by atoms with Crippen LogP contribution in [0.15, 0.2) is 83.9 Å². The predicted octanol–water partition coefficient (Wildman–Crippen LogP) is 4.36. The molecule has 0 atom stereocenters. The first-order valence-corrected chi connectivity index (χ1v) is 10.9. The van der Waals surface area contributed by atoms with Crippen LogP contribution >= 0.6 is 0 Å². The number of hydrogen-bond donors (Lipinski definition) is 1. The van der Waals surface area contributed by atoms with Crippen LogP contribution in [0.25, 0.3) is 22.4 Å². The zero-order chi connectivity index (χ0) is 21.3. The maximum atomic E-state index is 14.2. The van der Waals surface area contributed by atoms with E-state index < -0.39 is 10.0 Å². The van der Waals surface area contributed by atoms with E-state index in [1.54, 1.807) is 29.8 Å². The van der Waals surface area contributed by atoms with Gasteiger partial charge in [-0.25, -0.2) is 17.9 Å². The Morgan fingerprint density at radius 2 is 1.63 bits per heavy atom. The lowest BCUT2D eigenvalue weighted by atomic mass is 10.0. The summed E-state index contributed by atoms with van der Waals surface area (Å²) in [6.45, 7) is 2.27. The average molecular weight is 421 g/mol. The van der Waals surface area contributed by atoms with Gasteiger partial charge < -0.3 is 0 Å². The van der Waals surface area contributed by atoms with Crippen molar-refractivity contribution in [2.75, 3.05) is 0 Å². The van der Waals surface area contributed by atoms with E-state index >= 15 is 0 Å². The van der Waals surface area contributed by atoms with E-state index in [1.165, 1.54) is 18.2 Å². The summed E-state index contributed by atoms with van der Waals surface area (Å²) in [4.78, 5) is 0.0258. The summed E-state index contributed by atoms with van der Waals surface area (Å²) >= 11 is 0. The van der Waals surface area contributed by atoms with Crippen molar-refractivity contribution in [1.29, 1.82) is 0 Å². The van der Waals surface area contributed by atoms with Crippen molar-refractivity contribution in [3.63, 3.8) is 0 Å². The molecule has 4 rings (SSSR count). The third-order valence-electron chi connectivity index (χ3n) is 4.89. The maximum absolute atomic E-state index is 14.2. The molecule has 0 bridgehead atoms. The molecular weight excluding hydrogens is 401 g/mol. The van der Waals surface area contributed by atoms with Crippen LogP contribution in [0.3, 0.4) is 0 Å². The molecule has 2 N–H and O–H groups in total. The second-order valence-corrected chi connectivity index (χ2v) is 8.67. The minimum absolute atomic E-state index is 0.0258. The molecular formula is C23H20FN3O2S. The molecule has 0 aliphatic carbocycles. The van der Waals surface area contributed by atoms with Crippen LogP contribution in [-0.2, 0) is 16.6 Å². The molecule has 0 saturated heterocycles. The van der Waals surface area contributed by atoms with Gasteiger partial charge in [0.15, 0.2) is 0 Å². The highest BCUT2D eigenvalue weighted by molar-refractivity contribution is 7.89. The second-order valence-electron chi connectivity index (χ2n) is 7.11. The number of benzene rings is 3. The minimum Gasteiger partial charge on any atom is -0.267 e. The molecule has 1 heterocycles. The molecule has 0 saturated carbocycles. The van der Waals surface area contributed by atoms with Crippen LogP contribution < -0.4 is 5.14 Å². The lowest BCUT2D eigenvalue weighted by molar-refractivity contribution is 0.598. The molecule has 0 spiro atoms. The van der Waals surface area contributed by atoms with Crippen molar-refractivity contribution in [2.24, 2.45) is 5.14 Å². The van der Waals surface area contributed by atoms with E-state index in [2.05, 4.69) is 0 Å². The van der Waals surface area contributed by atoms with Gasteiger partial charge in [-0.15, -0.1) is 0 Å². The van der Waals surface area contributed by atoms with Crippen LogP contribution in [0.2, 0.25) is 0 Å². The van der Waals surface area contributed by atoms with E-state index in [0.717, 1.165) is 11.1 Å². The lowest BCUT2D eigenvalue weighted by Crippen LogP contribution is -2.11. The van der Waals surface area contributed by atoms with Gasteiger partial charge in [0.2, 0.25) is 10.0 Å². The first-order chi connectivity index (χ1) is 14.3. The van der Waals surface area contributed by atoms with Gasteiger partial charge in [-0.05, 0) is 41.8 Å². The van der Waals surface area contributed by atoms with Crippen LogP contribution in [0.4, 0.5) is 4.39 Å². The topological polar surface area (TPSA) is 78.0 Å². The predicted molar refractivity (Wildman–Crippen MR) is 115 cm³/mol. The molecule has 0 radical (unpaired) electrons. The fourth-order valence-corrected chi connectivity index (χ4v) is 3.78. The van der Waals surface area contributed by atoms with Gasteiger partial charge in [0.05, 0.1) is 11.4 Å². The number of halogens is 1. The number of rotatable bonds is 5. The molecule has 0 fully saturated rings. The third kappa shape index (κ3) is 4.17. The fraction of sp³-hybridized carbons (Fsp3) is 0.0870. The Morgan fingerprint density at radius 1 is 0.967 bits per heavy atom. The number of aryl methyl sites for hydroxylation is 1. The Kier molecular flexibility index (Phi) is 5.24. The quantitative estimate of drug-likeness (QED) is 0.520. The molecule has 0 amide bonds. The zero-order valence-electron chi connectivity index (χ0n) is 16.3. The SMILES string of the molecule is Cc1ccc(-c2cn(Cc3ccccc3)nc2-c2ccc(S(N)(=O)=O)cc2)cc1F. The number of nitrogens with two attached hydrogens (primary N) is 1.